The van der Waals surface area contributed by atoms with Gasteiger partial charge in [-0.25, -0.2) is 9.78 Å². The molecule has 3 aromatic rings. The van der Waals surface area contributed by atoms with E-state index in [0.29, 0.717) is 10.7 Å². The molecular formula is C17H13ClN2O3S2. The van der Waals surface area contributed by atoms with Gasteiger partial charge in [-0.3, -0.25) is 4.79 Å². The number of nitrogens with zero attached hydrogens (tertiary/aromatic N) is 1. The second-order valence-corrected chi connectivity index (χ2v) is 7.11. The van der Waals surface area contributed by atoms with Gasteiger partial charge in [-0.1, -0.05) is 23.7 Å². The Balaban J connectivity index is 1.62. The van der Waals surface area contributed by atoms with Crippen LogP contribution in [0.1, 0.15) is 17.4 Å². The molecule has 0 aliphatic rings. The molecule has 0 saturated heterocycles. The van der Waals surface area contributed by atoms with E-state index in [1.165, 1.54) is 18.3 Å². The summed E-state index contributed by atoms with van der Waals surface area (Å²) in [5.74, 6) is -1.10. The second-order valence-electron chi connectivity index (χ2n) is 5.07. The number of halogens is 1. The lowest BCUT2D eigenvalue weighted by molar-refractivity contribution is -0.123. The van der Waals surface area contributed by atoms with E-state index >= 15 is 0 Å². The smallest absolute Gasteiger partial charge is 0.358 e. The highest BCUT2D eigenvalue weighted by atomic mass is 35.5. The Morgan fingerprint density at radius 1 is 1.24 bits per heavy atom. The van der Waals surface area contributed by atoms with Crippen LogP contribution < -0.4 is 5.32 Å². The number of benzene rings is 1. The molecule has 1 atom stereocenters. The maximum Gasteiger partial charge on any atom is 0.358 e. The van der Waals surface area contributed by atoms with Crippen molar-refractivity contribution >= 4 is 51.8 Å². The third-order valence-corrected chi connectivity index (χ3v) is 5.17. The molecule has 0 aliphatic carbocycles. The summed E-state index contributed by atoms with van der Waals surface area (Å²) in [6.07, 6.45) is -0.977. The normalized spacial score (nSPS) is 11.8. The van der Waals surface area contributed by atoms with E-state index in [1.807, 2.05) is 16.8 Å². The van der Waals surface area contributed by atoms with Crippen molar-refractivity contribution in [1.29, 1.82) is 0 Å². The number of hydrogen-bond acceptors (Lipinski definition) is 6. The van der Waals surface area contributed by atoms with E-state index in [0.717, 1.165) is 10.6 Å². The maximum atomic E-state index is 12.2. The van der Waals surface area contributed by atoms with E-state index in [-0.39, 0.29) is 5.69 Å². The maximum absolute atomic E-state index is 12.2. The van der Waals surface area contributed by atoms with E-state index in [2.05, 4.69) is 10.3 Å². The van der Waals surface area contributed by atoms with Crippen LogP contribution >= 0.6 is 34.3 Å². The van der Waals surface area contributed by atoms with Gasteiger partial charge in [-0.2, -0.15) is 11.3 Å². The van der Waals surface area contributed by atoms with Crippen LogP contribution in [0.4, 0.5) is 5.69 Å². The molecule has 2 heterocycles. The number of rotatable bonds is 5. The summed E-state index contributed by atoms with van der Waals surface area (Å²) in [5.41, 5.74) is 1.60. The number of aromatic nitrogens is 1. The molecule has 0 fully saturated rings. The van der Waals surface area contributed by atoms with Crippen molar-refractivity contribution < 1.29 is 14.3 Å². The SMILES string of the molecule is CC(OC(=O)c1csc(-c2ccsc2)n1)C(=O)Nc1ccccc1Cl. The zero-order valence-corrected chi connectivity index (χ0v) is 15.5. The summed E-state index contributed by atoms with van der Waals surface area (Å²) in [6, 6.07) is 8.77. The lowest BCUT2D eigenvalue weighted by Crippen LogP contribution is -2.30. The predicted molar refractivity (Wildman–Crippen MR) is 100 cm³/mol. The van der Waals surface area contributed by atoms with Crippen LogP contribution in [0.15, 0.2) is 46.5 Å². The van der Waals surface area contributed by atoms with Gasteiger partial charge in [0.1, 0.15) is 5.01 Å². The minimum atomic E-state index is -0.977. The number of amides is 1. The van der Waals surface area contributed by atoms with Crippen molar-refractivity contribution in [2.75, 3.05) is 5.32 Å². The highest BCUT2D eigenvalue weighted by Gasteiger charge is 2.21. The number of ether oxygens (including phenoxy) is 1. The molecule has 2 aromatic heterocycles. The van der Waals surface area contributed by atoms with Crippen LogP contribution in [-0.4, -0.2) is 23.0 Å². The molecule has 25 heavy (non-hydrogen) atoms. The molecule has 1 amide bonds. The van der Waals surface area contributed by atoms with Gasteiger partial charge < -0.3 is 10.1 Å². The van der Waals surface area contributed by atoms with Gasteiger partial charge in [-0.05, 0) is 30.5 Å². The Hall–Kier alpha value is -2.22. The molecule has 0 spiro atoms. The minimum Gasteiger partial charge on any atom is -0.448 e. The second kappa shape index (κ2) is 7.77. The number of thiazole rings is 1. The first-order valence-corrected chi connectivity index (χ1v) is 9.49. The zero-order chi connectivity index (χ0) is 17.8. The molecule has 1 unspecified atom stereocenters. The largest absolute Gasteiger partial charge is 0.448 e. The molecule has 0 bridgehead atoms. The summed E-state index contributed by atoms with van der Waals surface area (Å²) in [5, 5.41) is 9.29. The summed E-state index contributed by atoms with van der Waals surface area (Å²) < 4.78 is 5.19. The molecule has 3 rings (SSSR count). The average Bonchev–Trinajstić information content (AvgIpc) is 3.28. The first-order valence-electron chi connectivity index (χ1n) is 7.29. The summed E-state index contributed by atoms with van der Waals surface area (Å²) in [7, 11) is 0. The number of para-hydroxylation sites is 1. The number of thiophene rings is 1. The first kappa shape index (κ1) is 17.6. The lowest BCUT2D eigenvalue weighted by Gasteiger charge is -2.13. The van der Waals surface area contributed by atoms with Gasteiger partial charge in [0.25, 0.3) is 5.91 Å². The summed E-state index contributed by atoms with van der Waals surface area (Å²) >= 11 is 8.90. The van der Waals surface area contributed by atoms with E-state index < -0.39 is 18.0 Å². The van der Waals surface area contributed by atoms with Crippen molar-refractivity contribution in [3.05, 3.63) is 57.2 Å². The van der Waals surface area contributed by atoms with Crippen molar-refractivity contribution in [2.24, 2.45) is 0 Å². The van der Waals surface area contributed by atoms with Crippen LogP contribution in [-0.2, 0) is 9.53 Å². The highest BCUT2D eigenvalue weighted by molar-refractivity contribution is 7.14. The highest BCUT2D eigenvalue weighted by Crippen LogP contribution is 2.26. The summed E-state index contributed by atoms with van der Waals surface area (Å²) in [4.78, 5) is 28.6. The van der Waals surface area contributed by atoms with Crippen LogP contribution in [0.25, 0.3) is 10.6 Å². The van der Waals surface area contributed by atoms with E-state index in [4.69, 9.17) is 16.3 Å². The quantitative estimate of drug-likeness (QED) is 0.638. The van der Waals surface area contributed by atoms with Crippen molar-refractivity contribution in [3.8, 4) is 10.6 Å². The predicted octanol–water partition coefficient (Wildman–Crippen LogP) is 4.71. The van der Waals surface area contributed by atoms with Crippen LogP contribution in [0.5, 0.6) is 0 Å². The van der Waals surface area contributed by atoms with Crippen LogP contribution in [0, 0.1) is 0 Å². The Morgan fingerprint density at radius 3 is 2.76 bits per heavy atom. The molecule has 1 aromatic carbocycles. The molecule has 8 heteroatoms. The van der Waals surface area contributed by atoms with Crippen LogP contribution in [0.3, 0.4) is 0 Å². The lowest BCUT2D eigenvalue weighted by atomic mass is 10.3. The molecule has 0 saturated carbocycles. The zero-order valence-electron chi connectivity index (χ0n) is 13.1. The number of carbonyl (C=O) groups excluding carboxylic acids is 2. The van der Waals surface area contributed by atoms with Gasteiger partial charge in [0.05, 0.1) is 10.7 Å². The average molecular weight is 393 g/mol. The molecule has 1 N–H and O–H groups in total. The minimum absolute atomic E-state index is 0.184. The van der Waals surface area contributed by atoms with Gasteiger partial charge >= 0.3 is 5.97 Å². The molecule has 0 radical (unpaired) electrons. The number of nitrogens with one attached hydrogen (secondary N) is 1. The van der Waals surface area contributed by atoms with Gasteiger partial charge in [0.2, 0.25) is 0 Å². The standard InChI is InChI=1S/C17H13ClN2O3S2/c1-10(15(21)19-13-5-3-2-4-12(13)18)23-17(22)14-9-25-16(20-14)11-6-7-24-8-11/h2-10H,1H3,(H,19,21). The number of carbonyl (C=O) groups is 2. The van der Waals surface area contributed by atoms with Gasteiger partial charge in [-0.15, -0.1) is 11.3 Å². The Labute approximate surface area is 157 Å². The number of esters is 1. The third kappa shape index (κ3) is 4.25. The molecule has 0 aliphatic heterocycles. The first-order chi connectivity index (χ1) is 12.0. The van der Waals surface area contributed by atoms with Gasteiger partial charge in [0.15, 0.2) is 11.8 Å². The Morgan fingerprint density at radius 2 is 2.04 bits per heavy atom. The van der Waals surface area contributed by atoms with E-state index in [1.54, 1.807) is 41.0 Å². The summed E-state index contributed by atoms with van der Waals surface area (Å²) in [6.45, 7) is 1.50. The van der Waals surface area contributed by atoms with Crippen molar-refractivity contribution in [2.45, 2.75) is 13.0 Å². The van der Waals surface area contributed by atoms with Gasteiger partial charge in [0, 0.05) is 16.3 Å². The van der Waals surface area contributed by atoms with E-state index in [9.17, 15) is 9.59 Å². The number of hydrogen-bond donors (Lipinski definition) is 1. The molecular weight excluding hydrogens is 380 g/mol. The number of anilines is 1. The fourth-order valence-corrected chi connectivity index (χ4v) is 3.64. The Bertz CT molecular complexity index is 893. The fourth-order valence-electron chi connectivity index (χ4n) is 1.96. The fraction of sp³-hybridized carbons (Fsp3) is 0.118. The van der Waals surface area contributed by atoms with Crippen LogP contribution in [0.2, 0.25) is 5.02 Å². The third-order valence-electron chi connectivity index (χ3n) is 3.27. The molecule has 128 valence electrons. The Kier molecular flexibility index (Phi) is 5.47. The monoisotopic (exact) mass is 392 g/mol. The molecule has 5 nitrogen and oxygen atoms in total. The topological polar surface area (TPSA) is 68.3 Å². The van der Waals surface area contributed by atoms with Crippen molar-refractivity contribution in [1.82, 2.24) is 4.98 Å². The van der Waals surface area contributed by atoms with Crippen molar-refractivity contribution in [3.63, 3.8) is 0 Å².